The molecule has 1 rings (SSSR count). The van der Waals surface area contributed by atoms with Crippen LogP contribution in [-0.4, -0.2) is 25.7 Å². The Hall–Kier alpha value is -1.79. The molecule has 0 aromatic heterocycles. The van der Waals surface area contributed by atoms with Crippen LogP contribution in [0.2, 0.25) is 0 Å². The fraction of sp³-hybridized carbons (Fsp3) is 0.333. The highest BCUT2D eigenvalue weighted by Gasteiger charge is 2.15. The van der Waals surface area contributed by atoms with Crippen LogP contribution in [0, 0.1) is 0 Å². The zero-order chi connectivity index (χ0) is 12.0. The van der Waals surface area contributed by atoms with Gasteiger partial charge in [-0.25, -0.2) is 13.2 Å². The average molecular weight is 238 g/mol. The van der Waals surface area contributed by atoms with Crippen LogP contribution in [0.1, 0.15) is 0 Å². The topological polar surface area (TPSA) is 47.9 Å². The predicted molar refractivity (Wildman–Crippen MR) is 47.9 cm³/mol. The van der Waals surface area contributed by atoms with Gasteiger partial charge in [-0.1, -0.05) is 0 Å². The van der Waals surface area contributed by atoms with Crippen LogP contribution in [0.15, 0.2) is 12.1 Å². The van der Waals surface area contributed by atoms with Gasteiger partial charge in [0.25, 0.3) is 0 Å². The Morgan fingerprint density at radius 1 is 0.875 bits per heavy atom. The minimum Gasteiger partial charge on any atom is -0.508 e. The summed E-state index contributed by atoms with van der Waals surface area (Å²) in [4.78, 5) is 0. The number of halogens is 3. The minimum atomic E-state index is -1.23. The van der Waals surface area contributed by atoms with E-state index in [2.05, 4.69) is 14.2 Å². The lowest BCUT2D eigenvalue weighted by Crippen LogP contribution is -2.01. The van der Waals surface area contributed by atoms with Gasteiger partial charge >= 0.3 is 0 Å². The normalized spacial score (nSPS) is 9.94. The second-order valence-corrected chi connectivity index (χ2v) is 2.53. The molecule has 0 atom stereocenters. The third-order valence-corrected chi connectivity index (χ3v) is 1.62. The van der Waals surface area contributed by atoms with E-state index in [9.17, 15) is 18.3 Å². The Morgan fingerprint density at radius 2 is 1.31 bits per heavy atom. The monoisotopic (exact) mass is 238 g/mol. The number of phenols is 1. The Balaban J connectivity index is 3.12. The molecule has 0 bridgehead atoms. The molecule has 0 unspecified atom stereocenters. The minimum absolute atomic E-state index is 0.274. The summed E-state index contributed by atoms with van der Waals surface area (Å²) in [6.07, 6.45) is 0. The van der Waals surface area contributed by atoms with Crippen molar-refractivity contribution < 1.29 is 32.5 Å². The molecule has 1 N–H and O–H groups in total. The van der Waals surface area contributed by atoms with Gasteiger partial charge < -0.3 is 19.3 Å². The van der Waals surface area contributed by atoms with Crippen molar-refractivity contribution in [3.05, 3.63) is 12.1 Å². The first kappa shape index (κ1) is 12.3. The predicted octanol–water partition coefficient (Wildman–Crippen LogP) is 2.31. The van der Waals surface area contributed by atoms with Crippen molar-refractivity contribution in [2.75, 3.05) is 20.6 Å². The van der Waals surface area contributed by atoms with Crippen LogP contribution in [0.5, 0.6) is 23.0 Å². The van der Waals surface area contributed by atoms with Crippen LogP contribution in [0.3, 0.4) is 0 Å². The third kappa shape index (κ3) is 2.85. The maximum atomic E-state index is 12.0. The Morgan fingerprint density at radius 3 is 1.69 bits per heavy atom. The smallest absolute Gasteiger partial charge is 0.229 e. The maximum absolute atomic E-state index is 12.0. The largest absolute Gasteiger partial charge is 0.508 e. The quantitative estimate of drug-likeness (QED) is 0.826. The maximum Gasteiger partial charge on any atom is 0.229 e. The van der Waals surface area contributed by atoms with E-state index in [1.165, 1.54) is 0 Å². The fourth-order valence-corrected chi connectivity index (χ4v) is 1.09. The molecule has 4 nitrogen and oxygen atoms in total. The standard InChI is InChI=1S/C9H9F3O4/c10-3-14-7-1-6(13)2-8(15-4-11)9(7)16-5-12/h1-2,13H,3-5H2. The molecule has 1 aromatic carbocycles. The summed E-state index contributed by atoms with van der Waals surface area (Å²) in [6, 6.07) is 1.99. The second kappa shape index (κ2) is 5.94. The molecule has 16 heavy (non-hydrogen) atoms. The fourth-order valence-electron chi connectivity index (χ4n) is 1.09. The van der Waals surface area contributed by atoms with Gasteiger partial charge in [0.05, 0.1) is 0 Å². The molecule has 0 aliphatic carbocycles. The van der Waals surface area contributed by atoms with Crippen LogP contribution in [0.4, 0.5) is 13.2 Å². The van der Waals surface area contributed by atoms with E-state index in [0.29, 0.717) is 0 Å². The first-order valence-electron chi connectivity index (χ1n) is 4.16. The van der Waals surface area contributed by atoms with Gasteiger partial charge in [-0.3, -0.25) is 0 Å². The van der Waals surface area contributed by atoms with Crippen molar-refractivity contribution in [1.29, 1.82) is 0 Å². The lowest BCUT2D eigenvalue weighted by molar-refractivity contribution is 0.139. The van der Waals surface area contributed by atoms with Gasteiger partial charge in [0.2, 0.25) is 26.3 Å². The van der Waals surface area contributed by atoms with E-state index in [0.717, 1.165) is 12.1 Å². The van der Waals surface area contributed by atoms with Crippen molar-refractivity contribution in [2.45, 2.75) is 0 Å². The van der Waals surface area contributed by atoms with E-state index in [1.807, 2.05) is 0 Å². The van der Waals surface area contributed by atoms with E-state index < -0.39 is 20.6 Å². The van der Waals surface area contributed by atoms with Gasteiger partial charge in [-0.15, -0.1) is 0 Å². The van der Waals surface area contributed by atoms with Crippen molar-refractivity contribution in [3.63, 3.8) is 0 Å². The van der Waals surface area contributed by atoms with E-state index >= 15 is 0 Å². The zero-order valence-electron chi connectivity index (χ0n) is 8.08. The SMILES string of the molecule is Oc1cc(OCF)c(OCF)c(OCF)c1. The van der Waals surface area contributed by atoms with Gasteiger partial charge in [0, 0.05) is 12.1 Å². The highest BCUT2D eigenvalue weighted by Crippen LogP contribution is 2.41. The molecule has 0 saturated heterocycles. The average Bonchev–Trinajstić information content (AvgIpc) is 2.24. The van der Waals surface area contributed by atoms with Crippen molar-refractivity contribution in [3.8, 4) is 23.0 Å². The van der Waals surface area contributed by atoms with Crippen molar-refractivity contribution in [2.24, 2.45) is 0 Å². The number of hydrogen-bond acceptors (Lipinski definition) is 4. The molecular formula is C9H9F3O4. The summed E-state index contributed by atoms with van der Waals surface area (Å²) in [5.41, 5.74) is 0. The highest BCUT2D eigenvalue weighted by molar-refractivity contribution is 5.55. The molecule has 0 radical (unpaired) electrons. The molecule has 0 aliphatic heterocycles. The third-order valence-electron chi connectivity index (χ3n) is 1.62. The van der Waals surface area contributed by atoms with Crippen LogP contribution in [-0.2, 0) is 0 Å². The summed E-state index contributed by atoms with van der Waals surface area (Å²) in [5.74, 6) is -1.21. The van der Waals surface area contributed by atoms with Gasteiger partial charge in [0.15, 0.2) is 11.5 Å². The van der Waals surface area contributed by atoms with E-state index in [1.54, 1.807) is 0 Å². The summed E-state index contributed by atoms with van der Waals surface area (Å²) < 4.78 is 49.3. The number of rotatable bonds is 6. The molecule has 7 heteroatoms. The van der Waals surface area contributed by atoms with E-state index in [4.69, 9.17) is 0 Å². The van der Waals surface area contributed by atoms with Crippen molar-refractivity contribution >= 4 is 0 Å². The Labute approximate surface area is 89.2 Å². The lowest BCUT2D eigenvalue weighted by atomic mass is 10.2. The summed E-state index contributed by atoms with van der Waals surface area (Å²) in [6.45, 7) is -3.64. The summed E-state index contributed by atoms with van der Waals surface area (Å²) in [7, 11) is 0. The van der Waals surface area contributed by atoms with Crippen LogP contribution in [0.25, 0.3) is 0 Å². The van der Waals surface area contributed by atoms with E-state index in [-0.39, 0.29) is 23.0 Å². The molecule has 0 amide bonds. The second-order valence-electron chi connectivity index (χ2n) is 2.53. The number of hydrogen-bond donors (Lipinski definition) is 1. The van der Waals surface area contributed by atoms with Crippen molar-refractivity contribution in [1.82, 2.24) is 0 Å². The Bertz CT molecular complexity index is 319. The molecule has 0 spiro atoms. The first-order valence-corrected chi connectivity index (χ1v) is 4.16. The molecule has 0 saturated carbocycles. The molecule has 0 fully saturated rings. The first-order chi connectivity index (χ1) is 7.72. The Kier molecular flexibility index (Phi) is 4.56. The molecular weight excluding hydrogens is 229 g/mol. The molecule has 0 heterocycles. The number of aromatic hydroxyl groups is 1. The van der Waals surface area contributed by atoms with Crippen LogP contribution < -0.4 is 14.2 Å². The molecule has 0 aliphatic rings. The van der Waals surface area contributed by atoms with Gasteiger partial charge in [0.1, 0.15) is 5.75 Å². The molecule has 1 aromatic rings. The molecule has 90 valence electrons. The number of ether oxygens (including phenoxy) is 3. The van der Waals surface area contributed by atoms with Crippen LogP contribution >= 0.6 is 0 Å². The zero-order valence-corrected chi connectivity index (χ0v) is 8.08. The van der Waals surface area contributed by atoms with Gasteiger partial charge in [-0.05, 0) is 0 Å². The number of phenolic OH excluding ortho intramolecular Hbond substituents is 1. The highest BCUT2D eigenvalue weighted by atomic mass is 19.1. The number of benzene rings is 1. The summed E-state index contributed by atoms with van der Waals surface area (Å²) >= 11 is 0. The van der Waals surface area contributed by atoms with Gasteiger partial charge in [-0.2, -0.15) is 0 Å². The lowest BCUT2D eigenvalue weighted by Gasteiger charge is -2.13. The summed E-state index contributed by atoms with van der Waals surface area (Å²) in [5, 5.41) is 9.19. The number of alkyl halides is 3.